The lowest BCUT2D eigenvalue weighted by Crippen LogP contribution is -2.05. The monoisotopic (exact) mass is 138 g/mol. The zero-order valence-electron chi connectivity index (χ0n) is 5.40. The van der Waals surface area contributed by atoms with E-state index >= 15 is 0 Å². The quantitative estimate of drug-likeness (QED) is 0.329. The van der Waals surface area contributed by atoms with E-state index < -0.39 is 6.10 Å². The number of aliphatic hydroxyl groups excluding tert-OH is 1. The minimum absolute atomic E-state index is 0.0926. The molecular formula is C6H6N2O2. The summed E-state index contributed by atoms with van der Waals surface area (Å²) in [5, 5.41) is 25.1. The van der Waals surface area contributed by atoms with Gasteiger partial charge in [-0.1, -0.05) is 0 Å². The fraction of sp³-hybridized carbons (Fsp3) is 0.333. The summed E-state index contributed by atoms with van der Waals surface area (Å²) in [5.74, 6) is 0. The number of methoxy groups -OCH3 is 1. The number of ether oxygens (including phenoxy) is 1. The second-order valence-corrected chi connectivity index (χ2v) is 1.45. The largest absolute Gasteiger partial charge is 0.503 e. The average Bonchev–Trinajstić information content (AvgIpc) is 1.99. The Hall–Kier alpha value is -1.52. The molecule has 1 atom stereocenters. The van der Waals surface area contributed by atoms with Crippen molar-refractivity contribution >= 4 is 0 Å². The summed E-state index contributed by atoms with van der Waals surface area (Å²) in [6, 6.07) is 3.10. The molecule has 1 N–H and O–H groups in total. The molecule has 0 amide bonds. The van der Waals surface area contributed by atoms with Gasteiger partial charge >= 0.3 is 0 Å². The van der Waals surface area contributed by atoms with Crippen LogP contribution < -0.4 is 0 Å². The molecule has 0 rings (SSSR count). The highest BCUT2D eigenvalue weighted by molar-refractivity contribution is 5.27. The van der Waals surface area contributed by atoms with Crippen LogP contribution in [0.15, 0.2) is 11.8 Å². The number of nitrogens with zero attached hydrogens (tertiary/aromatic N) is 2. The summed E-state index contributed by atoms with van der Waals surface area (Å²) < 4.78 is 4.42. The van der Waals surface area contributed by atoms with Gasteiger partial charge in [-0.15, -0.1) is 0 Å². The van der Waals surface area contributed by atoms with E-state index in [-0.39, 0.29) is 5.57 Å². The number of aliphatic hydroxyl groups is 1. The van der Waals surface area contributed by atoms with E-state index in [1.165, 1.54) is 13.2 Å². The number of hydrogen-bond donors (Lipinski definition) is 1. The molecule has 0 saturated carbocycles. The van der Waals surface area contributed by atoms with Crippen molar-refractivity contribution in [3.05, 3.63) is 11.8 Å². The van der Waals surface area contributed by atoms with Crippen LogP contribution in [0.25, 0.3) is 0 Å². The molecule has 0 aliphatic rings. The van der Waals surface area contributed by atoms with Crippen LogP contribution in [0.4, 0.5) is 0 Å². The lowest BCUT2D eigenvalue weighted by Gasteiger charge is -1.95. The first-order valence-electron chi connectivity index (χ1n) is 2.47. The van der Waals surface area contributed by atoms with Gasteiger partial charge in [-0.25, -0.2) is 0 Å². The first kappa shape index (κ1) is 8.48. The molecule has 0 bridgehead atoms. The molecule has 1 unspecified atom stereocenters. The third kappa shape index (κ3) is 2.17. The molecule has 0 heterocycles. The lowest BCUT2D eigenvalue weighted by molar-refractivity contribution is 0.258. The van der Waals surface area contributed by atoms with E-state index in [0.29, 0.717) is 0 Å². The van der Waals surface area contributed by atoms with Crippen LogP contribution in [-0.4, -0.2) is 18.3 Å². The van der Waals surface area contributed by atoms with Crippen LogP contribution >= 0.6 is 0 Å². The van der Waals surface area contributed by atoms with Crippen LogP contribution in [-0.2, 0) is 4.74 Å². The van der Waals surface area contributed by atoms with Gasteiger partial charge in [0.25, 0.3) is 0 Å². The Morgan fingerprint density at radius 1 is 1.70 bits per heavy atom. The summed E-state index contributed by atoms with van der Waals surface area (Å²) in [7, 11) is 1.33. The van der Waals surface area contributed by atoms with Crippen molar-refractivity contribution in [2.75, 3.05) is 7.11 Å². The normalized spacial score (nSPS) is 13.0. The minimum Gasteiger partial charge on any atom is -0.503 e. The Labute approximate surface area is 58.6 Å². The third-order valence-corrected chi connectivity index (χ3v) is 0.791. The van der Waals surface area contributed by atoms with Crippen molar-refractivity contribution in [3.63, 3.8) is 0 Å². The van der Waals surface area contributed by atoms with Crippen LogP contribution in [0.1, 0.15) is 0 Å². The van der Waals surface area contributed by atoms with Crippen LogP contribution in [0.5, 0.6) is 0 Å². The number of hydrogen-bond acceptors (Lipinski definition) is 4. The van der Waals surface area contributed by atoms with E-state index in [1.807, 2.05) is 0 Å². The predicted octanol–water partition coefficient (Wildman–Crippen LogP) is -0.0752. The highest BCUT2D eigenvalue weighted by Crippen LogP contribution is 1.98. The maximum atomic E-state index is 8.72. The summed E-state index contributed by atoms with van der Waals surface area (Å²) in [4.78, 5) is 0. The number of rotatable bonds is 2. The van der Waals surface area contributed by atoms with Gasteiger partial charge < -0.3 is 9.84 Å². The molecule has 0 aromatic rings. The highest BCUT2D eigenvalue weighted by Gasteiger charge is 2.07. The summed E-state index contributed by atoms with van der Waals surface area (Å²) in [6.07, 6.45) is -0.349. The Morgan fingerprint density at radius 3 is 2.60 bits per heavy atom. The van der Waals surface area contributed by atoms with Crippen LogP contribution in [0, 0.1) is 22.7 Å². The third-order valence-electron chi connectivity index (χ3n) is 0.791. The topological polar surface area (TPSA) is 77.0 Å². The van der Waals surface area contributed by atoms with Gasteiger partial charge in [0.2, 0.25) is 0 Å². The van der Waals surface area contributed by atoms with Crippen molar-refractivity contribution in [1.82, 2.24) is 0 Å². The molecule has 0 aliphatic heterocycles. The Balaban J connectivity index is 4.28. The minimum atomic E-state index is -1.38. The van der Waals surface area contributed by atoms with Crippen molar-refractivity contribution < 1.29 is 9.84 Å². The van der Waals surface area contributed by atoms with Gasteiger partial charge in [0.1, 0.15) is 11.6 Å². The van der Waals surface area contributed by atoms with Crippen molar-refractivity contribution in [3.8, 4) is 12.1 Å². The average molecular weight is 138 g/mol. The molecule has 0 radical (unpaired) electrons. The summed E-state index contributed by atoms with van der Waals surface area (Å²) in [6.45, 7) is 0. The fourth-order valence-electron chi connectivity index (χ4n) is 0.348. The van der Waals surface area contributed by atoms with Gasteiger partial charge in [-0.2, -0.15) is 10.5 Å². The van der Waals surface area contributed by atoms with Crippen LogP contribution in [0.2, 0.25) is 0 Å². The van der Waals surface area contributed by atoms with E-state index in [2.05, 4.69) is 4.74 Å². The lowest BCUT2D eigenvalue weighted by atomic mass is 10.2. The Morgan fingerprint density at radius 2 is 2.30 bits per heavy atom. The molecular weight excluding hydrogens is 132 g/mol. The Bertz CT molecular complexity index is 209. The fourth-order valence-corrected chi connectivity index (χ4v) is 0.348. The van der Waals surface area contributed by atoms with Crippen LogP contribution in [0.3, 0.4) is 0 Å². The second-order valence-electron chi connectivity index (χ2n) is 1.45. The predicted molar refractivity (Wildman–Crippen MR) is 32.3 cm³/mol. The molecule has 52 valence electrons. The second kappa shape index (κ2) is 4.37. The van der Waals surface area contributed by atoms with Crippen molar-refractivity contribution in [1.29, 1.82) is 10.5 Å². The smallest absolute Gasteiger partial charge is 0.178 e. The molecule has 0 aromatic carbocycles. The maximum Gasteiger partial charge on any atom is 0.178 e. The van der Waals surface area contributed by atoms with E-state index in [0.717, 1.165) is 6.26 Å². The SMILES string of the molecule is COC=C(C#N)C(O)C#N. The molecule has 0 aromatic heterocycles. The van der Waals surface area contributed by atoms with Crippen molar-refractivity contribution in [2.24, 2.45) is 0 Å². The first-order valence-corrected chi connectivity index (χ1v) is 2.47. The molecule has 4 heteroatoms. The van der Waals surface area contributed by atoms with E-state index in [1.54, 1.807) is 6.07 Å². The Kier molecular flexibility index (Phi) is 3.70. The van der Waals surface area contributed by atoms with E-state index in [4.69, 9.17) is 15.6 Å². The molecule has 0 spiro atoms. The van der Waals surface area contributed by atoms with Gasteiger partial charge in [0, 0.05) is 0 Å². The standard InChI is InChI=1S/C6H6N2O2/c1-10-4-5(2-7)6(9)3-8/h4,6,9H,1H3. The highest BCUT2D eigenvalue weighted by atomic mass is 16.5. The molecule has 4 nitrogen and oxygen atoms in total. The molecule has 10 heavy (non-hydrogen) atoms. The molecule has 0 aliphatic carbocycles. The number of nitriles is 2. The zero-order valence-corrected chi connectivity index (χ0v) is 5.40. The van der Waals surface area contributed by atoms with Gasteiger partial charge in [-0.3, -0.25) is 0 Å². The molecule has 0 fully saturated rings. The van der Waals surface area contributed by atoms with Gasteiger partial charge in [0.05, 0.1) is 19.4 Å². The zero-order chi connectivity index (χ0) is 7.98. The summed E-state index contributed by atoms with van der Waals surface area (Å²) in [5.41, 5.74) is -0.0926. The van der Waals surface area contributed by atoms with Crippen molar-refractivity contribution in [2.45, 2.75) is 6.10 Å². The van der Waals surface area contributed by atoms with Gasteiger partial charge in [-0.05, 0) is 0 Å². The molecule has 0 saturated heterocycles. The first-order chi connectivity index (χ1) is 4.76. The summed E-state index contributed by atoms with van der Waals surface area (Å²) >= 11 is 0. The maximum absolute atomic E-state index is 8.72. The van der Waals surface area contributed by atoms with Gasteiger partial charge in [0.15, 0.2) is 6.10 Å². The van der Waals surface area contributed by atoms with E-state index in [9.17, 15) is 0 Å².